The SMILES string of the molecule is Cc1cc(C)n(-c2cccc(Br)c2)c1-c1nnc(CC(F)(F)F)o1. The minimum absolute atomic E-state index is 0.0693. The normalized spacial score (nSPS) is 11.9. The third-order valence-electron chi connectivity index (χ3n) is 3.46. The molecule has 3 aromatic rings. The lowest BCUT2D eigenvalue weighted by molar-refractivity contribution is -0.130. The molecule has 0 fully saturated rings. The Bertz CT molecular complexity index is 883. The summed E-state index contributed by atoms with van der Waals surface area (Å²) in [6, 6.07) is 9.49. The van der Waals surface area contributed by atoms with E-state index in [0.29, 0.717) is 5.69 Å². The average Bonchev–Trinajstić information content (AvgIpc) is 3.00. The van der Waals surface area contributed by atoms with Crippen molar-refractivity contribution in [2.24, 2.45) is 0 Å². The van der Waals surface area contributed by atoms with Crippen LogP contribution in [-0.2, 0) is 6.42 Å². The van der Waals surface area contributed by atoms with Gasteiger partial charge in [-0.15, -0.1) is 10.2 Å². The molecule has 2 heterocycles. The van der Waals surface area contributed by atoms with E-state index >= 15 is 0 Å². The summed E-state index contributed by atoms with van der Waals surface area (Å²) >= 11 is 3.42. The molecule has 0 saturated carbocycles. The maximum atomic E-state index is 12.5. The Morgan fingerprint density at radius 2 is 1.92 bits per heavy atom. The zero-order valence-corrected chi connectivity index (χ0v) is 14.4. The molecule has 0 bridgehead atoms. The zero-order valence-electron chi connectivity index (χ0n) is 12.9. The first-order valence-electron chi connectivity index (χ1n) is 7.09. The Morgan fingerprint density at radius 3 is 2.58 bits per heavy atom. The van der Waals surface area contributed by atoms with Crippen molar-refractivity contribution in [1.29, 1.82) is 0 Å². The van der Waals surface area contributed by atoms with Gasteiger partial charge in [-0.1, -0.05) is 22.0 Å². The average molecular weight is 400 g/mol. The standard InChI is InChI=1S/C16H13BrF3N3O/c1-9-6-10(2)23(12-5-3-4-11(17)7-12)14(9)15-22-21-13(24-15)8-16(18,19)20/h3-7H,8H2,1-2H3. The van der Waals surface area contributed by atoms with Crippen molar-refractivity contribution in [2.75, 3.05) is 0 Å². The maximum Gasteiger partial charge on any atom is 0.397 e. The molecule has 0 radical (unpaired) electrons. The van der Waals surface area contributed by atoms with Crippen molar-refractivity contribution >= 4 is 15.9 Å². The Kier molecular flexibility index (Phi) is 4.25. The molecule has 2 aromatic heterocycles. The Morgan fingerprint density at radius 1 is 1.17 bits per heavy atom. The minimum atomic E-state index is -4.39. The van der Waals surface area contributed by atoms with Crippen LogP contribution in [0.15, 0.2) is 39.2 Å². The Balaban J connectivity index is 2.09. The number of rotatable bonds is 3. The molecule has 1 aromatic carbocycles. The maximum absolute atomic E-state index is 12.5. The lowest BCUT2D eigenvalue weighted by Gasteiger charge is -2.10. The van der Waals surface area contributed by atoms with E-state index in [-0.39, 0.29) is 5.89 Å². The highest BCUT2D eigenvalue weighted by Crippen LogP contribution is 2.31. The van der Waals surface area contributed by atoms with Crippen molar-refractivity contribution in [1.82, 2.24) is 14.8 Å². The van der Waals surface area contributed by atoms with Crippen LogP contribution in [0, 0.1) is 13.8 Å². The van der Waals surface area contributed by atoms with E-state index in [1.807, 2.05) is 48.7 Å². The smallest absolute Gasteiger partial charge is 0.397 e. The number of alkyl halides is 3. The fraction of sp³-hybridized carbons (Fsp3) is 0.250. The van der Waals surface area contributed by atoms with Crippen LogP contribution < -0.4 is 0 Å². The summed E-state index contributed by atoms with van der Waals surface area (Å²) < 4.78 is 45.5. The lowest BCUT2D eigenvalue weighted by Crippen LogP contribution is -2.11. The number of benzene rings is 1. The molecule has 0 atom stereocenters. The van der Waals surface area contributed by atoms with E-state index in [1.54, 1.807) is 0 Å². The van der Waals surface area contributed by atoms with Crippen LogP contribution >= 0.6 is 15.9 Å². The van der Waals surface area contributed by atoms with Gasteiger partial charge in [0, 0.05) is 15.9 Å². The summed E-state index contributed by atoms with van der Waals surface area (Å²) in [5.41, 5.74) is 3.19. The van der Waals surface area contributed by atoms with Gasteiger partial charge in [0.15, 0.2) is 0 Å². The highest BCUT2D eigenvalue weighted by atomic mass is 79.9. The van der Waals surface area contributed by atoms with Gasteiger partial charge in [0.05, 0.1) is 0 Å². The van der Waals surface area contributed by atoms with Crippen LogP contribution in [0.4, 0.5) is 13.2 Å². The van der Waals surface area contributed by atoms with Gasteiger partial charge in [-0.2, -0.15) is 13.2 Å². The number of hydrogen-bond acceptors (Lipinski definition) is 3. The zero-order chi connectivity index (χ0) is 17.5. The van der Waals surface area contributed by atoms with Gasteiger partial charge in [0.2, 0.25) is 5.89 Å². The first-order chi connectivity index (χ1) is 11.2. The third-order valence-corrected chi connectivity index (χ3v) is 3.96. The van der Waals surface area contributed by atoms with Gasteiger partial charge < -0.3 is 8.98 Å². The molecule has 0 unspecified atom stereocenters. The molecule has 0 spiro atoms. The second-order valence-corrected chi connectivity index (χ2v) is 6.34. The number of halogens is 4. The van der Waals surface area contributed by atoms with E-state index in [2.05, 4.69) is 26.1 Å². The van der Waals surface area contributed by atoms with Gasteiger partial charge in [-0.3, -0.25) is 0 Å². The lowest BCUT2D eigenvalue weighted by atomic mass is 10.2. The molecule has 0 aliphatic carbocycles. The van der Waals surface area contributed by atoms with Gasteiger partial charge in [0.1, 0.15) is 12.1 Å². The number of nitrogens with zero attached hydrogens (tertiary/aromatic N) is 3. The van der Waals surface area contributed by atoms with E-state index in [0.717, 1.165) is 21.4 Å². The molecule has 0 N–H and O–H groups in total. The Hall–Kier alpha value is -2.09. The molecule has 0 aliphatic heterocycles. The molecule has 0 amide bonds. The summed E-state index contributed by atoms with van der Waals surface area (Å²) in [4.78, 5) is 0. The van der Waals surface area contributed by atoms with Crippen molar-refractivity contribution in [2.45, 2.75) is 26.4 Å². The quantitative estimate of drug-likeness (QED) is 0.621. The molecule has 24 heavy (non-hydrogen) atoms. The molecule has 0 aliphatic rings. The van der Waals surface area contributed by atoms with Crippen LogP contribution in [0.25, 0.3) is 17.3 Å². The highest BCUT2D eigenvalue weighted by Gasteiger charge is 2.31. The van der Waals surface area contributed by atoms with Crippen molar-refractivity contribution in [3.05, 3.63) is 52.0 Å². The van der Waals surface area contributed by atoms with Gasteiger partial charge in [0.25, 0.3) is 5.89 Å². The summed E-state index contributed by atoms with van der Waals surface area (Å²) in [6.45, 7) is 3.76. The summed E-state index contributed by atoms with van der Waals surface area (Å²) in [7, 11) is 0. The number of aryl methyl sites for hydroxylation is 2. The van der Waals surface area contributed by atoms with Crippen molar-refractivity contribution in [3.63, 3.8) is 0 Å². The molecular formula is C16H13BrF3N3O. The van der Waals surface area contributed by atoms with Gasteiger partial charge >= 0.3 is 6.18 Å². The third kappa shape index (κ3) is 3.38. The summed E-state index contributed by atoms with van der Waals surface area (Å²) in [5, 5.41) is 7.33. The van der Waals surface area contributed by atoms with E-state index in [4.69, 9.17) is 4.42 Å². The van der Waals surface area contributed by atoms with E-state index in [1.165, 1.54) is 0 Å². The van der Waals surface area contributed by atoms with Crippen LogP contribution in [0.5, 0.6) is 0 Å². The predicted molar refractivity (Wildman–Crippen MR) is 86.0 cm³/mol. The largest absolute Gasteiger partial charge is 0.419 e. The number of aromatic nitrogens is 3. The summed E-state index contributed by atoms with van der Waals surface area (Å²) in [5.74, 6) is -0.378. The first-order valence-corrected chi connectivity index (χ1v) is 7.88. The molecule has 4 nitrogen and oxygen atoms in total. The number of hydrogen-bond donors (Lipinski definition) is 0. The van der Waals surface area contributed by atoms with E-state index in [9.17, 15) is 13.2 Å². The fourth-order valence-electron chi connectivity index (χ4n) is 2.60. The molecule has 3 rings (SSSR count). The van der Waals surface area contributed by atoms with Gasteiger partial charge in [-0.25, -0.2) is 0 Å². The Labute approximate surface area is 144 Å². The molecule has 126 valence electrons. The van der Waals surface area contributed by atoms with E-state index < -0.39 is 18.5 Å². The second-order valence-electron chi connectivity index (χ2n) is 5.43. The van der Waals surface area contributed by atoms with Crippen LogP contribution in [0.1, 0.15) is 17.1 Å². The van der Waals surface area contributed by atoms with Crippen LogP contribution in [0.3, 0.4) is 0 Å². The van der Waals surface area contributed by atoms with Crippen molar-refractivity contribution < 1.29 is 17.6 Å². The van der Waals surface area contributed by atoms with Crippen molar-refractivity contribution in [3.8, 4) is 17.3 Å². The summed E-state index contributed by atoms with van der Waals surface area (Å²) in [6.07, 6.45) is -5.63. The van der Waals surface area contributed by atoms with Crippen LogP contribution in [0.2, 0.25) is 0 Å². The first kappa shape index (κ1) is 16.8. The van der Waals surface area contributed by atoms with Crippen LogP contribution in [-0.4, -0.2) is 20.9 Å². The van der Waals surface area contributed by atoms with Gasteiger partial charge in [-0.05, 0) is 43.7 Å². The molecule has 8 heteroatoms. The topological polar surface area (TPSA) is 43.9 Å². The second kappa shape index (κ2) is 6.08. The fourth-order valence-corrected chi connectivity index (χ4v) is 2.99. The minimum Gasteiger partial charge on any atom is -0.419 e. The predicted octanol–water partition coefficient (Wildman–Crippen LogP) is 5.01. The monoisotopic (exact) mass is 399 g/mol. The molecule has 0 saturated heterocycles. The molecular weight excluding hydrogens is 387 g/mol. The highest BCUT2D eigenvalue weighted by molar-refractivity contribution is 9.10.